The third-order valence-corrected chi connectivity index (χ3v) is 2.56. The standard InChI is InChI=1S/C13H16N2O/c1-3-4-5-13-12(6-10(2)16-13)11-7-14-9-15-8-11/h6-9H,3-5H2,1-2H3. The van der Waals surface area contributed by atoms with Crippen molar-refractivity contribution >= 4 is 0 Å². The summed E-state index contributed by atoms with van der Waals surface area (Å²) in [6.45, 7) is 4.16. The quantitative estimate of drug-likeness (QED) is 0.786. The van der Waals surface area contributed by atoms with Crippen LogP contribution in [0.3, 0.4) is 0 Å². The van der Waals surface area contributed by atoms with Crippen LogP contribution >= 0.6 is 0 Å². The lowest BCUT2D eigenvalue weighted by Gasteiger charge is -2.00. The van der Waals surface area contributed by atoms with Gasteiger partial charge in [-0.05, 0) is 19.4 Å². The molecule has 0 aliphatic carbocycles. The number of furan rings is 1. The molecule has 0 aliphatic heterocycles. The SMILES string of the molecule is CCCCc1oc(C)cc1-c1cncnc1. The summed E-state index contributed by atoms with van der Waals surface area (Å²) in [4.78, 5) is 8.08. The molecular formula is C13H16N2O. The second-order valence-corrected chi connectivity index (χ2v) is 3.92. The van der Waals surface area contributed by atoms with Crippen LogP contribution in [0.2, 0.25) is 0 Å². The Morgan fingerprint density at radius 1 is 1.25 bits per heavy atom. The third-order valence-electron chi connectivity index (χ3n) is 2.56. The predicted molar refractivity (Wildman–Crippen MR) is 63.1 cm³/mol. The number of nitrogens with zero attached hydrogens (tertiary/aromatic N) is 2. The van der Waals surface area contributed by atoms with Gasteiger partial charge in [0.15, 0.2) is 0 Å². The zero-order valence-electron chi connectivity index (χ0n) is 9.73. The fourth-order valence-electron chi connectivity index (χ4n) is 1.77. The lowest BCUT2D eigenvalue weighted by Crippen LogP contribution is -1.87. The summed E-state index contributed by atoms with van der Waals surface area (Å²) in [5.41, 5.74) is 2.16. The molecule has 0 unspecified atom stereocenters. The zero-order valence-corrected chi connectivity index (χ0v) is 9.73. The van der Waals surface area contributed by atoms with Crippen LogP contribution < -0.4 is 0 Å². The second kappa shape index (κ2) is 4.92. The van der Waals surface area contributed by atoms with E-state index in [2.05, 4.69) is 23.0 Å². The van der Waals surface area contributed by atoms with Crippen molar-refractivity contribution in [3.63, 3.8) is 0 Å². The van der Waals surface area contributed by atoms with Crippen LogP contribution in [0.25, 0.3) is 11.1 Å². The highest BCUT2D eigenvalue weighted by Gasteiger charge is 2.10. The molecule has 2 rings (SSSR count). The first kappa shape index (κ1) is 10.9. The molecule has 84 valence electrons. The van der Waals surface area contributed by atoms with Gasteiger partial charge in [0.2, 0.25) is 0 Å². The van der Waals surface area contributed by atoms with Gasteiger partial charge in [-0.15, -0.1) is 0 Å². The van der Waals surface area contributed by atoms with Gasteiger partial charge in [0.25, 0.3) is 0 Å². The van der Waals surface area contributed by atoms with E-state index in [9.17, 15) is 0 Å². The Balaban J connectivity index is 2.33. The molecule has 3 nitrogen and oxygen atoms in total. The number of aromatic nitrogens is 2. The normalized spacial score (nSPS) is 10.6. The number of aryl methyl sites for hydroxylation is 2. The van der Waals surface area contributed by atoms with E-state index >= 15 is 0 Å². The van der Waals surface area contributed by atoms with E-state index < -0.39 is 0 Å². The molecule has 0 fully saturated rings. The van der Waals surface area contributed by atoms with Crippen molar-refractivity contribution in [2.24, 2.45) is 0 Å². The molecule has 0 radical (unpaired) electrons. The third kappa shape index (κ3) is 2.30. The summed E-state index contributed by atoms with van der Waals surface area (Å²) in [6.07, 6.45) is 8.49. The topological polar surface area (TPSA) is 38.9 Å². The van der Waals surface area contributed by atoms with E-state index in [1.54, 1.807) is 6.33 Å². The van der Waals surface area contributed by atoms with Crippen molar-refractivity contribution in [1.29, 1.82) is 0 Å². The Morgan fingerprint density at radius 2 is 2.00 bits per heavy atom. The van der Waals surface area contributed by atoms with Gasteiger partial charge < -0.3 is 4.42 Å². The predicted octanol–water partition coefficient (Wildman–Crippen LogP) is 3.39. The van der Waals surface area contributed by atoms with E-state index in [1.807, 2.05) is 19.3 Å². The van der Waals surface area contributed by atoms with E-state index in [1.165, 1.54) is 6.42 Å². The molecule has 0 saturated carbocycles. The van der Waals surface area contributed by atoms with Gasteiger partial charge in [-0.2, -0.15) is 0 Å². The fraction of sp³-hybridized carbons (Fsp3) is 0.385. The molecule has 3 heteroatoms. The molecule has 0 saturated heterocycles. The van der Waals surface area contributed by atoms with Gasteiger partial charge in [0.1, 0.15) is 17.8 Å². The minimum Gasteiger partial charge on any atom is -0.466 e. The minimum atomic E-state index is 0.949. The number of rotatable bonds is 4. The van der Waals surface area contributed by atoms with Crippen LogP contribution in [0.5, 0.6) is 0 Å². The van der Waals surface area contributed by atoms with Crippen molar-refractivity contribution < 1.29 is 4.42 Å². The average Bonchev–Trinajstić information content (AvgIpc) is 2.69. The van der Waals surface area contributed by atoms with Crippen LogP contribution in [0.1, 0.15) is 31.3 Å². The Kier molecular flexibility index (Phi) is 3.34. The summed E-state index contributed by atoms with van der Waals surface area (Å²) in [5.74, 6) is 2.00. The molecule has 0 amide bonds. The van der Waals surface area contributed by atoms with Gasteiger partial charge in [-0.25, -0.2) is 9.97 Å². The van der Waals surface area contributed by atoms with Crippen LogP contribution in [0, 0.1) is 6.92 Å². The molecule has 2 aromatic heterocycles. The Morgan fingerprint density at radius 3 is 2.69 bits per heavy atom. The van der Waals surface area contributed by atoms with Gasteiger partial charge >= 0.3 is 0 Å². The molecule has 0 bridgehead atoms. The summed E-state index contributed by atoms with van der Waals surface area (Å²) in [5, 5.41) is 0. The average molecular weight is 216 g/mol. The van der Waals surface area contributed by atoms with Crippen molar-refractivity contribution in [3.05, 3.63) is 36.3 Å². The van der Waals surface area contributed by atoms with Crippen LogP contribution in [-0.2, 0) is 6.42 Å². The fourth-order valence-corrected chi connectivity index (χ4v) is 1.77. The molecule has 0 atom stereocenters. The molecule has 0 N–H and O–H groups in total. The van der Waals surface area contributed by atoms with Gasteiger partial charge in [0.05, 0.1) is 0 Å². The highest BCUT2D eigenvalue weighted by molar-refractivity contribution is 5.64. The molecule has 0 aliphatic rings. The van der Waals surface area contributed by atoms with Crippen molar-refractivity contribution in [2.75, 3.05) is 0 Å². The maximum atomic E-state index is 5.72. The van der Waals surface area contributed by atoms with E-state index in [4.69, 9.17) is 4.42 Å². The first-order valence-electron chi connectivity index (χ1n) is 5.66. The number of hydrogen-bond acceptors (Lipinski definition) is 3. The largest absolute Gasteiger partial charge is 0.466 e. The maximum Gasteiger partial charge on any atom is 0.115 e. The first-order chi connectivity index (χ1) is 7.81. The summed E-state index contributed by atoms with van der Waals surface area (Å²) >= 11 is 0. The Hall–Kier alpha value is -1.64. The summed E-state index contributed by atoms with van der Waals surface area (Å²) in [6, 6.07) is 2.06. The van der Waals surface area contributed by atoms with E-state index in [0.29, 0.717) is 0 Å². The van der Waals surface area contributed by atoms with Gasteiger partial charge in [-0.3, -0.25) is 0 Å². The maximum absolute atomic E-state index is 5.72. The lowest BCUT2D eigenvalue weighted by atomic mass is 10.1. The molecule has 0 spiro atoms. The van der Waals surface area contributed by atoms with Gasteiger partial charge in [-0.1, -0.05) is 13.3 Å². The monoisotopic (exact) mass is 216 g/mol. The van der Waals surface area contributed by atoms with Crippen molar-refractivity contribution in [1.82, 2.24) is 9.97 Å². The number of unbranched alkanes of at least 4 members (excludes halogenated alkanes) is 1. The Bertz CT molecular complexity index is 448. The van der Waals surface area contributed by atoms with Crippen LogP contribution in [-0.4, -0.2) is 9.97 Å². The second-order valence-electron chi connectivity index (χ2n) is 3.92. The summed E-state index contributed by atoms with van der Waals surface area (Å²) < 4.78 is 5.72. The molecule has 2 aromatic rings. The van der Waals surface area contributed by atoms with Gasteiger partial charge in [0, 0.05) is 29.9 Å². The lowest BCUT2D eigenvalue weighted by molar-refractivity contribution is 0.477. The van der Waals surface area contributed by atoms with Crippen molar-refractivity contribution in [3.8, 4) is 11.1 Å². The smallest absolute Gasteiger partial charge is 0.115 e. The zero-order chi connectivity index (χ0) is 11.4. The van der Waals surface area contributed by atoms with Crippen LogP contribution in [0.15, 0.2) is 29.2 Å². The van der Waals surface area contributed by atoms with E-state index in [0.717, 1.165) is 35.5 Å². The highest BCUT2D eigenvalue weighted by Crippen LogP contribution is 2.27. The highest BCUT2D eigenvalue weighted by atomic mass is 16.3. The summed E-state index contributed by atoms with van der Waals surface area (Å²) in [7, 11) is 0. The molecular weight excluding hydrogens is 200 g/mol. The molecule has 16 heavy (non-hydrogen) atoms. The first-order valence-corrected chi connectivity index (χ1v) is 5.66. The molecule has 0 aromatic carbocycles. The Labute approximate surface area is 95.5 Å². The van der Waals surface area contributed by atoms with E-state index in [-0.39, 0.29) is 0 Å². The molecule has 2 heterocycles. The van der Waals surface area contributed by atoms with Crippen LogP contribution in [0.4, 0.5) is 0 Å². The number of hydrogen-bond donors (Lipinski definition) is 0. The minimum absolute atomic E-state index is 0.949. The van der Waals surface area contributed by atoms with Crippen molar-refractivity contribution in [2.45, 2.75) is 33.1 Å².